The first kappa shape index (κ1) is 23.3. The zero-order valence-electron chi connectivity index (χ0n) is 19.5. The predicted octanol–water partition coefficient (Wildman–Crippen LogP) is 3.78. The molecule has 1 fully saturated rings. The number of hydrogen-bond donors (Lipinski definition) is 0. The SMILES string of the molecule is [B]N(Cc1ccc2c(c1)OCCO2)C1CCN(CCn2c(=O)cc(C)c3ccc(Cl)cc32)CC1. The molecule has 0 spiro atoms. The summed E-state index contributed by atoms with van der Waals surface area (Å²) in [5.74, 6) is 1.60. The van der Waals surface area contributed by atoms with Crippen LogP contribution in [0.3, 0.4) is 0 Å². The minimum atomic E-state index is 0.0229. The maximum absolute atomic E-state index is 12.7. The van der Waals surface area contributed by atoms with Crippen molar-refractivity contribution < 1.29 is 9.47 Å². The fourth-order valence-corrected chi connectivity index (χ4v) is 5.16. The second kappa shape index (κ2) is 10.0. The van der Waals surface area contributed by atoms with Crippen LogP contribution >= 0.6 is 11.6 Å². The van der Waals surface area contributed by atoms with E-state index in [2.05, 4.69) is 11.0 Å². The van der Waals surface area contributed by atoms with E-state index in [1.807, 2.05) is 46.6 Å². The van der Waals surface area contributed by atoms with Crippen molar-refractivity contribution in [2.75, 3.05) is 32.8 Å². The summed E-state index contributed by atoms with van der Waals surface area (Å²) in [6.07, 6.45) is 1.99. The van der Waals surface area contributed by atoms with Gasteiger partial charge in [-0.15, -0.1) is 0 Å². The maximum Gasteiger partial charge on any atom is 0.251 e. The van der Waals surface area contributed by atoms with Crippen LogP contribution in [0.5, 0.6) is 11.5 Å². The standard InChI is InChI=1S/C26H29BClN3O3/c1-18-14-26(32)30(23-16-20(28)3-4-22(18)23)11-10-29-8-6-21(7-9-29)31(27)17-19-2-5-24-25(15-19)34-13-12-33-24/h2-5,14-16,21H,6-13,17H2,1H3. The lowest BCUT2D eigenvalue weighted by Crippen LogP contribution is -2.44. The lowest BCUT2D eigenvalue weighted by Gasteiger charge is -2.37. The minimum Gasteiger partial charge on any atom is -0.486 e. The van der Waals surface area contributed by atoms with Crippen LogP contribution in [0.4, 0.5) is 0 Å². The molecule has 2 aliphatic rings. The van der Waals surface area contributed by atoms with Gasteiger partial charge in [-0.05, 0) is 68.2 Å². The van der Waals surface area contributed by atoms with Crippen LogP contribution in [-0.2, 0) is 13.1 Å². The number of likely N-dealkylation sites (tertiary alicyclic amines) is 1. The largest absolute Gasteiger partial charge is 0.486 e. The molecule has 0 N–H and O–H groups in total. The van der Waals surface area contributed by atoms with Gasteiger partial charge in [0.15, 0.2) is 19.5 Å². The van der Waals surface area contributed by atoms with Gasteiger partial charge in [0.25, 0.3) is 5.56 Å². The molecule has 1 aromatic heterocycles. The number of fused-ring (bicyclic) bond motifs is 2. The van der Waals surface area contributed by atoms with E-state index in [1.165, 1.54) is 0 Å². The second-order valence-electron chi connectivity index (χ2n) is 9.20. The van der Waals surface area contributed by atoms with Gasteiger partial charge in [-0.3, -0.25) is 4.79 Å². The molecule has 3 aromatic rings. The Labute approximate surface area is 206 Å². The lowest BCUT2D eigenvalue weighted by atomic mass is 9.99. The van der Waals surface area contributed by atoms with Crippen LogP contribution in [0.25, 0.3) is 10.9 Å². The Bertz CT molecular complexity index is 1240. The van der Waals surface area contributed by atoms with Crippen molar-refractivity contribution in [1.82, 2.24) is 14.3 Å². The number of aryl methyl sites for hydroxylation is 1. The predicted molar refractivity (Wildman–Crippen MR) is 136 cm³/mol. The van der Waals surface area contributed by atoms with Crippen molar-refractivity contribution in [3.05, 3.63) is 69.0 Å². The van der Waals surface area contributed by atoms with Gasteiger partial charge in [0.05, 0.1) is 5.52 Å². The summed E-state index contributed by atoms with van der Waals surface area (Å²) in [7, 11) is 6.46. The molecule has 3 heterocycles. The summed E-state index contributed by atoms with van der Waals surface area (Å²) in [5.41, 5.74) is 3.03. The fourth-order valence-electron chi connectivity index (χ4n) is 4.99. The smallest absolute Gasteiger partial charge is 0.251 e. The van der Waals surface area contributed by atoms with Crippen molar-refractivity contribution in [3.8, 4) is 11.5 Å². The van der Waals surface area contributed by atoms with Crippen LogP contribution in [0.1, 0.15) is 24.0 Å². The van der Waals surface area contributed by atoms with E-state index in [-0.39, 0.29) is 5.56 Å². The number of halogens is 1. The van der Waals surface area contributed by atoms with Gasteiger partial charge in [0.1, 0.15) is 13.2 Å². The van der Waals surface area contributed by atoms with E-state index in [1.54, 1.807) is 6.07 Å². The molecule has 8 heteroatoms. The third-order valence-electron chi connectivity index (χ3n) is 6.92. The van der Waals surface area contributed by atoms with E-state index in [0.29, 0.717) is 37.4 Å². The van der Waals surface area contributed by atoms with Gasteiger partial charge in [0, 0.05) is 42.2 Å². The molecule has 0 bridgehead atoms. The highest BCUT2D eigenvalue weighted by molar-refractivity contribution is 6.31. The first-order chi connectivity index (χ1) is 16.5. The summed E-state index contributed by atoms with van der Waals surface area (Å²) >= 11 is 6.23. The maximum atomic E-state index is 12.7. The number of pyridine rings is 1. The summed E-state index contributed by atoms with van der Waals surface area (Å²) in [4.78, 5) is 17.1. The monoisotopic (exact) mass is 477 g/mol. The minimum absolute atomic E-state index is 0.0229. The average Bonchev–Trinajstić information content (AvgIpc) is 2.84. The normalized spacial score (nSPS) is 16.9. The van der Waals surface area contributed by atoms with Crippen LogP contribution in [0.2, 0.25) is 5.02 Å². The summed E-state index contributed by atoms with van der Waals surface area (Å²) in [5, 5.41) is 1.72. The van der Waals surface area contributed by atoms with Gasteiger partial charge >= 0.3 is 0 Å². The molecular formula is C26H29BClN3O3. The Morgan fingerprint density at radius 2 is 1.79 bits per heavy atom. The number of hydrogen-bond acceptors (Lipinski definition) is 5. The van der Waals surface area contributed by atoms with Gasteiger partial charge in [-0.2, -0.15) is 0 Å². The lowest BCUT2D eigenvalue weighted by molar-refractivity contribution is 0.153. The van der Waals surface area contributed by atoms with Crippen molar-refractivity contribution >= 4 is 30.5 Å². The van der Waals surface area contributed by atoms with Gasteiger partial charge in [-0.1, -0.05) is 23.7 Å². The van der Waals surface area contributed by atoms with Crippen molar-refractivity contribution in [2.45, 2.75) is 38.9 Å². The van der Waals surface area contributed by atoms with Gasteiger partial charge in [0.2, 0.25) is 0 Å². The number of ether oxygens (including phenoxy) is 2. The molecule has 34 heavy (non-hydrogen) atoms. The van der Waals surface area contributed by atoms with E-state index >= 15 is 0 Å². The molecule has 0 amide bonds. The Hall–Kier alpha value is -2.48. The number of benzene rings is 2. The molecule has 1 saturated heterocycles. The number of piperidine rings is 1. The first-order valence-corrected chi connectivity index (χ1v) is 12.3. The topological polar surface area (TPSA) is 46.9 Å². The zero-order chi connectivity index (χ0) is 23.7. The molecule has 0 unspecified atom stereocenters. The summed E-state index contributed by atoms with van der Waals surface area (Å²) in [6.45, 7) is 7.20. The van der Waals surface area contributed by atoms with Gasteiger partial charge in [-0.25, -0.2) is 0 Å². The summed E-state index contributed by atoms with van der Waals surface area (Å²) < 4.78 is 13.1. The molecule has 2 radical (unpaired) electrons. The molecular weight excluding hydrogens is 449 g/mol. The van der Waals surface area contributed by atoms with Crippen LogP contribution < -0.4 is 15.0 Å². The molecule has 6 nitrogen and oxygen atoms in total. The van der Waals surface area contributed by atoms with E-state index in [9.17, 15) is 4.79 Å². The number of nitrogens with zero attached hydrogens (tertiary/aromatic N) is 3. The average molecular weight is 478 g/mol. The first-order valence-electron chi connectivity index (χ1n) is 11.9. The third kappa shape index (κ3) is 4.97. The van der Waals surface area contributed by atoms with E-state index < -0.39 is 0 Å². The highest BCUT2D eigenvalue weighted by Crippen LogP contribution is 2.31. The summed E-state index contributed by atoms with van der Waals surface area (Å²) in [6, 6.07) is 13.8. The van der Waals surface area contributed by atoms with Crippen molar-refractivity contribution in [3.63, 3.8) is 0 Å². The molecule has 2 aliphatic heterocycles. The molecule has 2 aromatic carbocycles. The van der Waals surface area contributed by atoms with Crippen molar-refractivity contribution in [1.29, 1.82) is 0 Å². The molecule has 0 saturated carbocycles. The molecule has 176 valence electrons. The van der Waals surface area contributed by atoms with Crippen LogP contribution in [0, 0.1) is 6.92 Å². The second-order valence-corrected chi connectivity index (χ2v) is 9.64. The quantitative estimate of drug-likeness (QED) is 0.506. The van der Waals surface area contributed by atoms with E-state index in [4.69, 9.17) is 29.1 Å². The van der Waals surface area contributed by atoms with Crippen molar-refractivity contribution in [2.24, 2.45) is 0 Å². The fraction of sp³-hybridized carbons (Fsp3) is 0.423. The third-order valence-corrected chi connectivity index (χ3v) is 7.15. The Balaban J connectivity index is 1.17. The number of rotatable bonds is 6. The number of aromatic nitrogens is 1. The highest BCUT2D eigenvalue weighted by Gasteiger charge is 2.23. The Morgan fingerprint density at radius 3 is 2.59 bits per heavy atom. The van der Waals surface area contributed by atoms with Crippen LogP contribution in [-0.4, -0.2) is 61.1 Å². The zero-order valence-corrected chi connectivity index (χ0v) is 20.3. The Kier molecular flexibility index (Phi) is 6.86. The van der Waals surface area contributed by atoms with Gasteiger partial charge < -0.3 is 23.8 Å². The molecule has 0 aliphatic carbocycles. The molecule has 0 atom stereocenters. The Morgan fingerprint density at radius 1 is 1.03 bits per heavy atom. The van der Waals surface area contributed by atoms with E-state index in [0.717, 1.165) is 66.0 Å². The van der Waals surface area contributed by atoms with Crippen LogP contribution in [0.15, 0.2) is 47.3 Å². The highest BCUT2D eigenvalue weighted by atomic mass is 35.5. The molecule has 5 rings (SSSR count).